The van der Waals surface area contributed by atoms with E-state index in [0.29, 0.717) is 37.7 Å². The number of methoxy groups -OCH3 is 1. The summed E-state index contributed by atoms with van der Waals surface area (Å²) in [6.07, 6.45) is 0. The van der Waals surface area contributed by atoms with E-state index in [2.05, 4.69) is 5.32 Å². The number of rotatable bonds is 6. The molecule has 1 amide bonds. The molecule has 0 fully saturated rings. The molecule has 1 heterocycles. The predicted octanol–water partition coefficient (Wildman–Crippen LogP) is 6.75. The molecule has 0 atom stereocenters. The number of carbonyl (C=O) groups excluding carboxylic acids is 1. The van der Waals surface area contributed by atoms with Gasteiger partial charge in [-0.05, 0) is 55.0 Å². The van der Waals surface area contributed by atoms with Crippen LogP contribution < -0.4 is 20.2 Å². The highest BCUT2D eigenvalue weighted by Gasteiger charge is 2.21. The molecule has 1 aromatic heterocycles. The molecule has 0 aliphatic rings. The zero-order valence-electron chi connectivity index (χ0n) is 18.1. The van der Waals surface area contributed by atoms with Gasteiger partial charge in [-0.25, -0.2) is 0 Å². The second-order valence-corrected chi connectivity index (χ2v) is 8.57. The average Bonchev–Trinajstić information content (AvgIpc) is 2.80. The van der Waals surface area contributed by atoms with Crippen LogP contribution >= 0.6 is 34.8 Å². The zero-order valence-corrected chi connectivity index (χ0v) is 20.3. The van der Waals surface area contributed by atoms with Crippen molar-refractivity contribution in [1.29, 1.82) is 0 Å². The third-order valence-corrected chi connectivity index (χ3v) is 6.06. The minimum absolute atomic E-state index is 0.116. The molecule has 3 aromatic carbocycles. The van der Waals surface area contributed by atoms with Crippen molar-refractivity contribution >= 4 is 57.4 Å². The molecule has 0 aliphatic heterocycles. The normalized spacial score (nSPS) is 10.9. The summed E-state index contributed by atoms with van der Waals surface area (Å²) in [5.74, 6) is -0.0655. The molecule has 4 rings (SSSR count). The fourth-order valence-corrected chi connectivity index (χ4v) is 3.97. The van der Waals surface area contributed by atoms with Gasteiger partial charge < -0.3 is 19.2 Å². The molecular formula is C25H18Cl3NO5. The fraction of sp³-hybridized carbons (Fsp3) is 0.120. The van der Waals surface area contributed by atoms with Crippen LogP contribution in [0, 0.1) is 6.92 Å². The number of benzene rings is 3. The topological polar surface area (TPSA) is 77.8 Å². The van der Waals surface area contributed by atoms with Crippen LogP contribution in [0.4, 0.5) is 5.69 Å². The third kappa shape index (κ3) is 4.85. The Morgan fingerprint density at radius 1 is 1.00 bits per heavy atom. The lowest BCUT2D eigenvalue weighted by atomic mass is 10.1. The van der Waals surface area contributed by atoms with Gasteiger partial charge in [-0.3, -0.25) is 9.59 Å². The third-order valence-electron chi connectivity index (χ3n) is 5.03. The molecular weight excluding hydrogens is 501 g/mol. The monoisotopic (exact) mass is 517 g/mol. The summed E-state index contributed by atoms with van der Waals surface area (Å²) >= 11 is 18.7. The SMILES string of the molecule is COc1ccc(NC(=O)COc2c(-c3ccccc3Cl)oc3cc(C)c(Cl)cc3c2=O)cc1Cl. The highest BCUT2D eigenvalue weighted by atomic mass is 35.5. The second-order valence-electron chi connectivity index (χ2n) is 7.35. The number of amides is 1. The lowest BCUT2D eigenvalue weighted by molar-refractivity contribution is -0.118. The van der Waals surface area contributed by atoms with Crippen LogP contribution in [0.1, 0.15) is 5.56 Å². The molecule has 0 aliphatic carbocycles. The van der Waals surface area contributed by atoms with Crippen molar-refractivity contribution < 1.29 is 18.7 Å². The number of fused-ring (bicyclic) bond motifs is 1. The maximum atomic E-state index is 13.3. The van der Waals surface area contributed by atoms with Crippen LogP contribution in [0.2, 0.25) is 15.1 Å². The van der Waals surface area contributed by atoms with Crippen LogP contribution in [0.15, 0.2) is 63.8 Å². The van der Waals surface area contributed by atoms with E-state index in [0.717, 1.165) is 5.56 Å². The number of carbonyl (C=O) groups is 1. The van der Waals surface area contributed by atoms with Gasteiger partial charge in [0.15, 0.2) is 12.4 Å². The van der Waals surface area contributed by atoms with Gasteiger partial charge in [0.05, 0.1) is 22.5 Å². The first-order valence-corrected chi connectivity index (χ1v) is 11.2. The highest BCUT2D eigenvalue weighted by Crippen LogP contribution is 2.36. The zero-order chi connectivity index (χ0) is 24.4. The summed E-state index contributed by atoms with van der Waals surface area (Å²) in [6, 6.07) is 14.8. The maximum Gasteiger partial charge on any atom is 0.262 e. The summed E-state index contributed by atoms with van der Waals surface area (Å²) in [7, 11) is 1.49. The van der Waals surface area contributed by atoms with Gasteiger partial charge in [0.25, 0.3) is 5.91 Å². The molecule has 0 saturated carbocycles. The number of ether oxygens (including phenoxy) is 2. The molecule has 0 spiro atoms. The van der Waals surface area contributed by atoms with E-state index < -0.39 is 17.9 Å². The Balaban J connectivity index is 1.70. The van der Waals surface area contributed by atoms with Gasteiger partial charge in [-0.15, -0.1) is 0 Å². The van der Waals surface area contributed by atoms with Crippen molar-refractivity contribution in [3.05, 3.63) is 85.5 Å². The van der Waals surface area contributed by atoms with Crippen molar-refractivity contribution in [2.24, 2.45) is 0 Å². The lowest BCUT2D eigenvalue weighted by Gasteiger charge is -2.13. The van der Waals surface area contributed by atoms with Crippen LogP contribution in [0.5, 0.6) is 11.5 Å². The van der Waals surface area contributed by atoms with Crippen molar-refractivity contribution in [2.75, 3.05) is 19.0 Å². The van der Waals surface area contributed by atoms with E-state index in [1.807, 2.05) is 0 Å². The van der Waals surface area contributed by atoms with E-state index in [9.17, 15) is 9.59 Å². The van der Waals surface area contributed by atoms with Gasteiger partial charge >= 0.3 is 0 Å². The minimum atomic E-state index is -0.507. The smallest absolute Gasteiger partial charge is 0.262 e. The van der Waals surface area contributed by atoms with Crippen LogP contribution in [0.3, 0.4) is 0 Å². The highest BCUT2D eigenvalue weighted by molar-refractivity contribution is 6.33. The second kappa shape index (κ2) is 9.97. The quantitative estimate of drug-likeness (QED) is 0.305. The Hall–Kier alpha value is -3.19. The minimum Gasteiger partial charge on any atom is -0.495 e. The summed E-state index contributed by atoms with van der Waals surface area (Å²) in [5, 5.41) is 3.99. The molecule has 0 saturated heterocycles. The molecule has 0 bridgehead atoms. The molecule has 0 radical (unpaired) electrons. The standard InChI is InChI=1S/C25H18Cl3NO5/c1-13-9-21-16(11-18(13)27)23(31)25(24(34-21)15-5-3-4-6-17(15)26)33-12-22(30)29-14-7-8-20(32-2)19(28)10-14/h3-11H,12H2,1-2H3,(H,29,30). The van der Waals surface area contributed by atoms with Crippen LogP contribution in [-0.2, 0) is 4.79 Å². The number of hydrogen-bond donors (Lipinski definition) is 1. The lowest BCUT2D eigenvalue weighted by Crippen LogP contribution is -2.22. The Bertz CT molecular complexity index is 1470. The number of aryl methyl sites for hydroxylation is 1. The first-order valence-electron chi connectivity index (χ1n) is 10.1. The average molecular weight is 519 g/mol. The maximum absolute atomic E-state index is 13.3. The predicted molar refractivity (Wildman–Crippen MR) is 135 cm³/mol. The van der Waals surface area contributed by atoms with E-state index in [1.54, 1.807) is 55.5 Å². The number of nitrogens with one attached hydrogen (secondary N) is 1. The molecule has 4 aromatic rings. The van der Waals surface area contributed by atoms with Gasteiger partial charge in [0.2, 0.25) is 11.2 Å². The summed E-state index contributed by atoms with van der Waals surface area (Å²) in [4.78, 5) is 25.9. The van der Waals surface area contributed by atoms with E-state index in [-0.39, 0.29) is 16.9 Å². The Morgan fingerprint density at radius 2 is 1.76 bits per heavy atom. The summed E-state index contributed by atoms with van der Waals surface area (Å²) in [6.45, 7) is 1.34. The first kappa shape index (κ1) is 24.0. The number of anilines is 1. The van der Waals surface area contributed by atoms with Gasteiger partial charge in [0.1, 0.15) is 11.3 Å². The van der Waals surface area contributed by atoms with Crippen molar-refractivity contribution in [2.45, 2.75) is 6.92 Å². The van der Waals surface area contributed by atoms with Gasteiger partial charge in [0, 0.05) is 16.3 Å². The Labute approximate surface area is 210 Å². The largest absolute Gasteiger partial charge is 0.495 e. The van der Waals surface area contributed by atoms with Gasteiger partial charge in [-0.1, -0.05) is 46.9 Å². The summed E-state index contributed by atoms with van der Waals surface area (Å²) < 4.78 is 16.8. The molecule has 174 valence electrons. The molecule has 6 nitrogen and oxygen atoms in total. The van der Waals surface area contributed by atoms with Crippen molar-refractivity contribution in [1.82, 2.24) is 0 Å². The van der Waals surface area contributed by atoms with E-state index in [1.165, 1.54) is 13.2 Å². The van der Waals surface area contributed by atoms with Crippen molar-refractivity contribution in [3.63, 3.8) is 0 Å². The molecule has 1 N–H and O–H groups in total. The van der Waals surface area contributed by atoms with Crippen LogP contribution in [0.25, 0.3) is 22.3 Å². The molecule has 0 unspecified atom stereocenters. The van der Waals surface area contributed by atoms with E-state index >= 15 is 0 Å². The molecule has 34 heavy (non-hydrogen) atoms. The molecule has 9 heteroatoms. The fourth-order valence-electron chi connectivity index (χ4n) is 3.33. The number of hydrogen-bond acceptors (Lipinski definition) is 5. The summed E-state index contributed by atoms with van der Waals surface area (Å²) in [5.41, 5.74) is 1.49. The van der Waals surface area contributed by atoms with Crippen molar-refractivity contribution in [3.8, 4) is 22.8 Å². The Kier molecular flexibility index (Phi) is 7.03. The first-order chi connectivity index (χ1) is 16.3. The van der Waals surface area contributed by atoms with E-state index in [4.69, 9.17) is 48.7 Å². The van der Waals surface area contributed by atoms with Crippen LogP contribution in [-0.4, -0.2) is 19.6 Å². The number of halogens is 3. The Morgan fingerprint density at radius 3 is 2.47 bits per heavy atom. The van der Waals surface area contributed by atoms with Gasteiger partial charge in [-0.2, -0.15) is 0 Å².